The quantitative estimate of drug-likeness (QED) is 0.848. The molecule has 0 spiro atoms. The van der Waals surface area contributed by atoms with E-state index in [9.17, 15) is 9.59 Å². The molecule has 0 fully saturated rings. The van der Waals surface area contributed by atoms with Crippen LogP contribution in [0.4, 0.5) is 0 Å². The summed E-state index contributed by atoms with van der Waals surface area (Å²) in [6.45, 7) is 0. The fraction of sp³-hybridized carbons (Fsp3) is 0.200. The Morgan fingerprint density at radius 2 is 2.27 bits per heavy atom. The fourth-order valence-electron chi connectivity index (χ4n) is 1.29. The van der Waals surface area contributed by atoms with Gasteiger partial charge in [0.25, 0.3) is 0 Å². The van der Waals surface area contributed by atoms with Crippen LogP contribution in [0.2, 0.25) is 0 Å². The summed E-state index contributed by atoms with van der Waals surface area (Å²) in [5, 5.41) is 9.00. The van der Waals surface area contributed by atoms with Gasteiger partial charge in [-0.15, -0.1) is 0 Å². The molecule has 0 aliphatic carbocycles. The van der Waals surface area contributed by atoms with Gasteiger partial charge in [0, 0.05) is 11.5 Å². The van der Waals surface area contributed by atoms with Crippen molar-refractivity contribution in [1.29, 1.82) is 0 Å². The van der Waals surface area contributed by atoms with Crippen LogP contribution >= 0.6 is 15.9 Å². The van der Waals surface area contributed by atoms with Crippen LogP contribution in [-0.4, -0.2) is 29.4 Å². The van der Waals surface area contributed by atoms with E-state index < -0.39 is 12.0 Å². The van der Waals surface area contributed by atoms with Crippen molar-refractivity contribution < 1.29 is 14.7 Å². The smallest absolute Gasteiger partial charge is 0.331 e. The molecule has 5 heteroatoms. The summed E-state index contributed by atoms with van der Waals surface area (Å²) in [6, 6.07) is 5.93. The van der Waals surface area contributed by atoms with E-state index in [1.165, 1.54) is 7.05 Å². The third kappa shape index (κ3) is 2.79. The van der Waals surface area contributed by atoms with Crippen molar-refractivity contribution in [2.24, 2.45) is 0 Å². The molecule has 0 saturated heterocycles. The van der Waals surface area contributed by atoms with Crippen LogP contribution in [0.3, 0.4) is 0 Å². The number of carboxylic acids is 1. The Balaban J connectivity index is 3.09. The van der Waals surface area contributed by atoms with Gasteiger partial charge in [-0.3, -0.25) is 4.79 Å². The van der Waals surface area contributed by atoms with Crippen LogP contribution in [0, 0.1) is 0 Å². The Morgan fingerprint density at radius 3 is 2.73 bits per heavy atom. The van der Waals surface area contributed by atoms with E-state index in [0.29, 0.717) is 12.0 Å². The van der Waals surface area contributed by atoms with Crippen molar-refractivity contribution in [2.45, 2.75) is 6.04 Å². The summed E-state index contributed by atoms with van der Waals surface area (Å²) in [5.41, 5.74) is 0.562. The number of carboxylic acid groups (broad SMARTS) is 1. The van der Waals surface area contributed by atoms with Gasteiger partial charge in [0.15, 0.2) is 6.04 Å². The Bertz CT molecular complexity index is 381. The number of hydrogen-bond acceptors (Lipinski definition) is 2. The minimum absolute atomic E-state index is 0.500. The Labute approximate surface area is 95.6 Å². The van der Waals surface area contributed by atoms with Gasteiger partial charge in [0.05, 0.1) is 0 Å². The highest BCUT2D eigenvalue weighted by molar-refractivity contribution is 9.10. The van der Waals surface area contributed by atoms with Crippen LogP contribution in [0.5, 0.6) is 0 Å². The number of halogens is 1. The lowest BCUT2D eigenvalue weighted by Gasteiger charge is -2.20. The van der Waals surface area contributed by atoms with Gasteiger partial charge < -0.3 is 10.0 Å². The molecule has 0 radical (unpaired) electrons. The van der Waals surface area contributed by atoms with Gasteiger partial charge in [0.2, 0.25) is 6.41 Å². The van der Waals surface area contributed by atoms with Gasteiger partial charge in [-0.25, -0.2) is 4.79 Å². The molecule has 1 aromatic rings. The van der Waals surface area contributed by atoms with Gasteiger partial charge in [-0.05, 0) is 17.7 Å². The van der Waals surface area contributed by atoms with Crippen molar-refractivity contribution in [3.8, 4) is 0 Å². The lowest BCUT2D eigenvalue weighted by Crippen LogP contribution is -2.29. The summed E-state index contributed by atoms with van der Waals surface area (Å²) < 4.78 is 0.783. The van der Waals surface area contributed by atoms with E-state index in [-0.39, 0.29) is 0 Å². The molecule has 0 aromatic heterocycles. The summed E-state index contributed by atoms with van der Waals surface area (Å²) in [6.07, 6.45) is 0.500. The highest BCUT2D eigenvalue weighted by Crippen LogP contribution is 2.21. The monoisotopic (exact) mass is 271 g/mol. The molecular weight excluding hydrogens is 262 g/mol. The first-order valence-electron chi connectivity index (χ1n) is 4.21. The molecule has 0 aliphatic rings. The maximum absolute atomic E-state index is 11.0. The first-order valence-corrected chi connectivity index (χ1v) is 5.01. The highest BCUT2D eigenvalue weighted by Gasteiger charge is 2.23. The van der Waals surface area contributed by atoms with Crippen molar-refractivity contribution in [3.05, 3.63) is 34.3 Å². The number of nitrogens with zero attached hydrogens (tertiary/aromatic N) is 1. The van der Waals surface area contributed by atoms with Crippen LogP contribution in [0.1, 0.15) is 11.6 Å². The second kappa shape index (κ2) is 4.93. The minimum atomic E-state index is -1.05. The van der Waals surface area contributed by atoms with E-state index in [1.807, 2.05) is 0 Å². The standard InChI is InChI=1S/C10H10BrNO3/c1-12(6-13)9(10(14)15)7-3-2-4-8(11)5-7/h2-6,9H,1H3,(H,14,15). The molecule has 0 saturated carbocycles. The zero-order valence-corrected chi connectivity index (χ0v) is 9.64. The molecule has 1 unspecified atom stereocenters. The molecule has 1 N–H and O–H groups in total. The summed E-state index contributed by atoms with van der Waals surface area (Å²) in [5.74, 6) is -1.05. The molecule has 1 rings (SSSR count). The van der Waals surface area contributed by atoms with E-state index >= 15 is 0 Å². The number of carbonyl (C=O) groups is 2. The Kier molecular flexibility index (Phi) is 3.85. The molecular formula is C10H10BrNO3. The van der Waals surface area contributed by atoms with Gasteiger partial charge in [-0.2, -0.15) is 0 Å². The minimum Gasteiger partial charge on any atom is -0.479 e. The SMILES string of the molecule is CN(C=O)C(C(=O)O)c1cccc(Br)c1. The number of carbonyl (C=O) groups excluding carboxylic acids is 1. The van der Waals surface area contributed by atoms with Crippen molar-refractivity contribution in [2.75, 3.05) is 7.05 Å². The number of hydrogen-bond donors (Lipinski definition) is 1. The first-order chi connectivity index (χ1) is 7.06. The summed E-state index contributed by atoms with van der Waals surface area (Å²) in [7, 11) is 1.44. The third-order valence-corrected chi connectivity index (χ3v) is 2.47. The van der Waals surface area contributed by atoms with E-state index in [4.69, 9.17) is 5.11 Å². The Hall–Kier alpha value is -1.36. The van der Waals surface area contributed by atoms with Crippen molar-refractivity contribution in [3.63, 3.8) is 0 Å². The lowest BCUT2D eigenvalue weighted by molar-refractivity contribution is -0.145. The number of aliphatic carboxylic acids is 1. The number of amides is 1. The average Bonchev–Trinajstić information content (AvgIpc) is 2.17. The third-order valence-electron chi connectivity index (χ3n) is 1.97. The largest absolute Gasteiger partial charge is 0.479 e. The molecule has 15 heavy (non-hydrogen) atoms. The van der Waals surface area contributed by atoms with Crippen LogP contribution in [0.25, 0.3) is 0 Å². The van der Waals surface area contributed by atoms with E-state index in [1.54, 1.807) is 24.3 Å². The molecule has 0 aliphatic heterocycles. The highest BCUT2D eigenvalue weighted by atomic mass is 79.9. The molecule has 0 bridgehead atoms. The molecule has 80 valence electrons. The van der Waals surface area contributed by atoms with E-state index in [2.05, 4.69) is 15.9 Å². The van der Waals surface area contributed by atoms with Gasteiger partial charge in [-0.1, -0.05) is 28.1 Å². The number of likely N-dealkylation sites (N-methyl/N-ethyl adjacent to an activating group) is 1. The molecule has 1 amide bonds. The van der Waals surface area contributed by atoms with Crippen LogP contribution in [0.15, 0.2) is 28.7 Å². The normalized spacial score (nSPS) is 11.9. The maximum Gasteiger partial charge on any atom is 0.331 e. The second-order valence-electron chi connectivity index (χ2n) is 3.07. The van der Waals surface area contributed by atoms with Gasteiger partial charge >= 0.3 is 5.97 Å². The van der Waals surface area contributed by atoms with Gasteiger partial charge in [0.1, 0.15) is 0 Å². The zero-order chi connectivity index (χ0) is 11.4. The average molecular weight is 272 g/mol. The number of benzene rings is 1. The summed E-state index contributed by atoms with van der Waals surface area (Å²) in [4.78, 5) is 22.7. The second-order valence-corrected chi connectivity index (χ2v) is 3.98. The van der Waals surface area contributed by atoms with Crippen LogP contribution < -0.4 is 0 Å². The fourth-order valence-corrected chi connectivity index (χ4v) is 1.71. The van der Waals surface area contributed by atoms with Crippen LogP contribution in [-0.2, 0) is 9.59 Å². The maximum atomic E-state index is 11.0. The summed E-state index contributed by atoms with van der Waals surface area (Å²) >= 11 is 3.25. The zero-order valence-electron chi connectivity index (χ0n) is 8.05. The Morgan fingerprint density at radius 1 is 1.60 bits per heavy atom. The number of rotatable bonds is 4. The topological polar surface area (TPSA) is 57.6 Å². The van der Waals surface area contributed by atoms with Crippen molar-refractivity contribution in [1.82, 2.24) is 4.90 Å². The lowest BCUT2D eigenvalue weighted by atomic mass is 10.1. The first kappa shape index (κ1) is 11.7. The predicted octanol–water partition coefficient (Wildman–Crippen LogP) is 1.66. The molecule has 4 nitrogen and oxygen atoms in total. The molecule has 1 atom stereocenters. The van der Waals surface area contributed by atoms with E-state index in [0.717, 1.165) is 9.37 Å². The molecule has 0 heterocycles. The van der Waals surface area contributed by atoms with Crippen molar-refractivity contribution >= 4 is 28.3 Å². The molecule has 1 aromatic carbocycles. The predicted molar refractivity (Wildman–Crippen MR) is 58.3 cm³/mol.